The highest BCUT2D eigenvalue weighted by Gasteiger charge is 2.01. The molecule has 0 radical (unpaired) electrons. The molecule has 18 heavy (non-hydrogen) atoms. The first-order valence-corrected chi connectivity index (χ1v) is 6.96. The number of carboxylic acids is 1. The largest absolute Gasteiger partial charge is 0.478 e. The minimum atomic E-state index is -0.938. The maximum atomic E-state index is 10.4. The second kappa shape index (κ2) is 7.95. The first kappa shape index (κ1) is 14.8. The number of aliphatic carboxylic acids is 1. The van der Waals surface area contributed by atoms with Crippen LogP contribution in [0.2, 0.25) is 0 Å². The maximum absolute atomic E-state index is 10.4. The van der Waals surface area contributed by atoms with Gasteiger partial charge in [0.05, 0.1) is 0 Å². The Morgan fingerprint density at radius 2 is 2.28 bits per heavy atom. The molecule has 4 heteroatoms. The van der Waals surface area contributed by atoms with Gasteiger partial charge in [0.15, 0.2) is 0 Å². The van der Waals surface area contributed by atoms with Crippen LogP contribution in [0.4, 0.5) is 0 Å². The lowest BCUT2D eigenvalue weighted by atomic mass is 10.1. The van der Waals surface area contributed by atoms with Gasteiger partial charge in [0, 0.05) is 18.4 Å². The Bertz CT molecular complexity index is 415. The number of hydrogen-bond acceptors (Lipinski definition) is 3. The summed E-state index contributed by atoms with van der Waals surface area (Å²) < 4.78 is 0. The van der Waals surface area contributed by atoms with E-state index in [9.17, 15) is 4.79 Å². The highest BCUT2D eigenvalue weighted by Crippen LogP contribution is 2.17. The van der Waals surface area contributed by atoms with E-state index < -0.39 is 5.97 Å². The molecule has 0 aliphatic rings. The predicted molar refractivity (Wildman–Crippen MR) is 75.5 cm³/mol. The minimum Gasteiger partial charge on any atom is -0.478 e. The number of aliphatic hydroxyl groups excluding tert-OH is 1. The number of benzene rings is 1. The molecular weight excluding hydrogens is 248 g/mol. The van der Waals surface area contributed by atoms with Crippen molar-refractivity contribution in [2.45, 2.75) is 12.7 Å². The van der Waals surface area contributed by atoms with Gasteiger partial charge in [0.25, 0.3) is 0 Å². The smallest absolute Gasteiger partial charge is 0.328 e. The molecule has 1 atom stereocenters. The number of aliphatic hydroxyl groups is 1. The third-order valence-electron chi connectivity index (χ3n) is 2.35. The minimum absolute atomic E-state index is 0.217. The Labute approximate surface area is 112 Å². The first-order chi connectivity index (χ1) is 8.61. The second-order valence-electron chi connectivity index (χ2n) is 4.22. The Balaban J connectivity index is 2.51. The van der Waals surface area contributed by atoms with Crippen LogP contribution in [-0.4, -0.2) is 28.5 Å². The Morgan fingerprint density at radius 1 is 1.50 bits per heavy atom. The highest BCUT2D eigenvalue weighted by molar-refractivity contribution is 7.98. The summed E-state index contributed by atoms with van der Waals surface area (Å²) in [5.74, 6) is 1.17. The lowest BCUT2D eigenvalue weighted by Gasteiger charge is -2.07. The van der Waals surface area contributed by atoms with E-state index in [1.807, 2.05) is 31.2 Å². The van der Waals surface area contributed by atoms with Gasteiger partial charge >= 0.3 is 5.97 Å². The third kappa shape index (κ3) is 5.89. The zero-order chi connectivity index (χ0) is 13.4. The van der Waals surface area contributed by atoms with Crippen LogP contribution in [0.1, 0.15) is 18.1 Å². The lowest BCUT2D eigenvalue weighted by Crippen LogP contribution is -2.03. The first-order valence-electron chi connectivity index (χ1n) is 5.80. The van der Waals surface area contributed by atoms with Crippen LogP contribution in [-0.2, 0) is 10.5 Å². The molecule has 1 rings (SSSR count). The Hall–Kier alpha value is -1.26. The second-order valence-corrected chi connectivity index (χ2v) is 5.25. The molecule has 2 N–H and O–H groups in total. The molecule has 0 spiro atoms. The van der Waals surface area contributed by atoms with Crippen LogP contribution in [0.25, 0.3) is 6.08 Å². The van der Waals surface area contributed by atoms with Crippen molar-refractivity contribution >= 4 is 23.8 Å². The molecule has 3 nitrogen and oxygen atoms in total. The zero-order valence-electron chi connectivity index (χ0n) is 10.4. The van der Waals surface area contributed by atoms with Gasteiger partial charge < -0.3 is 10.2 Å². The van der Waals surface area contributed by atoms with Crippen LogP contribution in [0.5, 0.6) is 0 Å². The van der Waals surface area contributed by atoms with Gasteiger partial charge in [-0.2, -0.15) is 11.8 Å². The normalized spacial score (nSPS) is 12.8. The monoisotopic (exact) mass is 266 g/mol. The van der Waals surface area contributed by atoms with E-state index in [0.717, 1.165) is 28.7 Å². The van der Waals surface area contributed by atoms with Gasteiger partial charge in [-0.15, -0.1) is 0 Å². The fourth-order valence-corrected chi connectivity index (χ4v) is 2.43. The summed E-state index contributed by atoms with van der Waals surface area (Å²) in [5.41, 5.74) is 2.06. The molecule has 1 aromatic rings. The topological polar surface area (TPSA) is 57.5 Å². The van der Waals surface area contributed by atoms with Crippen molar-refractivity contribution in [3.8, 4) is 0 Å². The standard InChI is InChI=1S/C14H18O3S/c1-11(8-15)9-18-10-13-4-2-3-12(7-13)5-6-14(16)17/h2-7,11,15H,8-10H2,1H3,(H,16,17). The van der Waals surface area contributed by atoms with E-state index in [-0.39, 0.29) is 6.61 Å². The molecule has 0 aliphatic heterocycles. The zero-order valence-corrected chi connectivity index (χ0v) is 11.2. The average molecular weight is 266 g/mol. The van der Waals surface area contributed by atoms with E-state index in [4.69, 9.17) is 10.2 Å². The van der Waals surface area contributed by atoms with E-state index in [2.05, 4.69) is 0 Å². The number of hydrogen-bond donors (Lipinski definition) is 2. The molecule has 0 aromatic heterocycles. The lowest BCUT2D eigenvalue weighted by molar-refractivity contribution is -0.131. The predicted octanol–water partition coefficient (Wildman–Crippen LogP) is 2.65. The van der Waals surface area contributed by atoms with Crippen LogP contribution in [0.3, 0.4) is 0 Å². The van der Waals surface area contributed by atoms with Gasteiger partial charge in [-0.1, -0.05) is 31.2 Å². The molecule has 0 bridgehead atoms. The number of carboxylic acid groups (broad SMARTS) is 1. The summed E-state index contributed by atoms with van der Waals surface area (Å²) in [7, 11) is 0. The average Bonchev–Trinajstić information content (AvgIpc) is 2.36. The summed E-state index contributed by atoms with van der Waals surface area (Å²) in [6.45, 7) is 2.23. The van der Waals surface area contributed by atoms with Crippen molar-refractivity contribution in [2.75, 3.05) is 12.4 Å². The van der Waals surface area contributed by atoms with E-state index in [1.165, 1.54) is 0 Å². The quantitative estimate of drug-likeness (QED) is 0.745. The molecule has 0 fully saturated rings. The van der Waals surface area contributed by atoms with E-state index >= 15 is 0 Å². The van der Waals surface area contributed by atoms with E-state index in [1.54, 1.807) is 17.8 Å². The van der Waals surface area contributed by atoms with Gasteiger partial charge in [-0.05, 0) is 28.9 Å². The highest BCUT2D eigenvalue weighted by atomic mass is 32.2. The summed E-state index contributed by atoms with van der Waals surface area (Å²) >= 11 is 1.77. The molecule has 98 valence electrons. The molecular formula is C14H18O3S. The van der Waals surface area contributed by atoms with Crippen molar-refractivity contribution in [1.29, 1.82) is 0 Å². The van der Waals surface area contributed by atoms with Crippen molar-refractivity contribution in [3.05, 3.63) is 41.5 Å². The van der Waals surface area contributed by atoms with Crippen molar-refractivity contribution in [2.24, 2.45) is 5.92 Å². The number of carbonyl (C=O) groups is 1. The molecule has 1 unspecified atom stereocenters. The van der Waals surface area contributed by atoms with Crippen LogP contribution >= 0.6 is 11.8 Å². The summed E-state index contributed by atoms with van der Waals surface area (Å²) in [6.07, 6.45) is 2.73. The van der Waals surface area contributed by atoms with Gasteiger partial charge in [-0.3, -0.25) is 0 Å². The molecule has 1 aromatic carbocycles. The fraction of sp³-hybridized carbons (Fsp3) is 0.357. The molecule has 0 amide bonds. The van der Waals surface area contributed by atoms with Gasteiger partial charge in [0.2, 0.25) is 0 Å². The SMILES string of the molecule is CC(CO)CSCc1cccc(C=CC(=O)O)c1. The molecule has 0 aliphatic carbocycles. The summed E-state index contributed by atoms with van der Waals surface area (Å²) in [4.78, 5) is 10.4. The summed E-state index contributed by atoms with van der Waals surface area (Å²) in [6, 6.07) is 7.81. The van der Waals surface area contributed by atoms with Gasteiger partial charge in [0.1, 0.15) is 0 Å². The maximum Gasteiger partial charge on any atom is 0.328 e. The number of thioether (sulfide) groups is 1. The Kier molecular flexibility index (Phi) is 6.54. The van der Waals surface area contributed by atoms with Crippen LogP contribution in [0, 0.1) is 5.92 Å². The van der Waals surface area contributed by atoms with E-state index in [0.29, 0.717) is 5.92 Å². The molecule has 0 heterocycles. The molecule has 0 saturated carbocycles. The van der Waals surface area contributed by atoms with Crippen molar-refractivity contribution in [3.63, 3.8) is 0 Å². The number of rotatable bonds is 7. The van der Waals surface area contributed by atoms with Crippen LogP contribution < -0.4 is 0 Å². The van der Waals surface area contributed by atoms with Crippen molar-refractivity contribution < 1.29 is 15.0 Å². The van der Waals surface area contributed by atoms with Crippen molar-refractivity contribution in [1.82, 2.24) is 0 Å². The summed E-state index contributed by atoms with van der Waals surface area (Å²) in [5, 5.41) is 17.5. The Morgan fingerprint density at radius 3 is 2.94 bits per heavy atom. The van der Waals surface area contributed by atoms with Crippen LogP contribution in [0.15, 0.2) is 30.3 Å². The molecule has 0 saturated heterocycles. The van der Waals surface area contributed by atoms with Gasteiger partial charge in [-0.25, -0.2) is 4.79 Å². The fourth-order valence-electron chi connectivity index (χ4n) is 1.38. The third-order valence-corrected chi connectivity index (χ3v) is 3.69.